The molecule has 7 heteroatoms. The normalized spacial score (nSPS) is 24.2. The summed E-state index contributed by atoms with van der Waals surface area (Å²) in [5.41, 5.74) is 0.802. The lowest BCUT2D eigenvalue weighted by Crippen LogP contribution is -2.46. The number of carbonyl (C=O) groups is 1. The van der Waals surface area contributed by atoms with Gasteiger partial charge in [-0.15, -0.1) is 10.2 Å². The molecule has 0 aliphatic heterocycles. The van der Waals surface area contributed by atoms with Crippen LogP contribution < -0.4 is 5.32 Å². The van der Waals surface area contributed by atoms with Crippen molar-refractivity contribution in [2.75, 3.05) is 0 Å². The summed E-state index contributed by atoms with van der Waals surface area (Å²) < 4.78 is 5.68. The van der Waals surface area contributed by atoms with Crippen molar-refractivity contribution >= 4 is 29.3 Å². The van der Waals surface area contributed by atoms with E-state index in [4.69, 9.17) is 16.0 Å². The van der Waals surface area contributed by atoms with Crippen LogP contribution >= 0.6 is 23.4 Å². The third-order valence-corrected chi connectivity index (χ3v) is 6.37. The van der Waals surface area contributed by atoms with E-state index in [1.165, 1.54) is 24.6 Å². The number of benzene rings is 1. The van der Waals surface area contributed by atoms with Crippen LogP contribution in [0.3, 0.4) is 0 Å². The van der Waals surface area contributed by atoms with Gasteiger partial charge in [-0.2, -0.15) is 0 Å². The minimum absolute atomic E-state index is 0.0205. The van der Waals surface area contributed by atoms with Crippen LogP contribution in [-0.2, 0) is 4.79 Å². The lowest BCUT2D eigenvalue weighted by molar-refractivity contribution is -0.121. The van der Waals surface area contributed by atoms with Crippen molar-refractivity contribution in [2.45, 2.75) is 56.5 Å². The summed E-state index contributed by atoms with van der Waals surface area (Å²) in [6.45, 7) is 6.35. The zero-order valence-electron chi connectivity index (χ0n) is 15.2. The largest absolute Gasteiger partial charge is 0.411 e. The SMILES string of the molecule is C[C@@H]1[C@H](C)CCC[C@@H]1NC(=O)[C@@H](C)Sc1nnc(-c2ccc(Cl)cc2)o1. The molecular weight excluding hydrogens is 370 g/mol. The van der Waals surface area contributed by atoms with E-state index in [9.17, 15) is 4.79 Å². The Morgan fingerprint density at radius 3 is 2.73 bits per heavy atom. The molecule has 1 aliphatic carbocycles. The van der Waals surface area contributed by atoms with Crippen LogP contribution in [0.25, 0.3) is 11.5 Å². The van der Waals surface area contributed by atoms with Crippen molar-refractivity contribution in [1.82, 2.24) is 15.5 Å². The van der Waals surface area contributed by atoms with Gasteiger partial charge in [-0.25, -0.2) is 0 Å². The molecule has 140 valence electrons. The van der Waals surface area contributed by atoms with Crippen molar-refractivity contribution < 1.29 is 9.21 Å². The van der Waals surface area contributed by atoms with Crippen LogP contribution in [0, 0.1) is 11.8 Å². The molecule has 1 saturated carbocycles. The molecule has 1 heterocycles. The summed E-state index contributed by atoms with van der Waals surface area (Å²) >= 11 is 7.17. The average molecular weight is 394 g/mol. The molecule has 2 aromatic rings. The fraction of sp³-hybridized carbons (Fsp3) is 0.526. The minimum Gasteiger partial charge on any atom is -0.411 e. The fourth-order valence-corrected chi connectivity index (χ4v) is 4.08. The van der Waals surface area contributed by atoms with Crippen LogP contribution in [0.5, 0.6) is 0 Å². The monoisotopic (exact) mass is 393 g/mol. The highest BCUT2D eigenvalue weighted by molar-refractivity contribution is 8.00. The summed E-state index contributed by atoms with van der Waals surface area (Å²) in [7, 11) is 0. The smallest absolute Gasteiger partial charge is 0.277 e. The minimum atomic E-state index is -0.294. The summed E-state index contributed by atoms with van der Waals surface area (Å²) in [5.74, 6) is 1.60. The Hall–Kier alpha value is -1.53. The van der Waals surface area contributed by atoms with Crippen LogP contribution in [0.1, 0.15) is 40.0 Å². The molecule has 0 saturated heterocycles. The zero-order chi connectivity index (χ0) is 18.7. The number of halogens is 1. The first kappa shape index (κ1) is 19.2. The highest BCUT2D eigenvalue weighted by atomic mass is 35.5. The van der Waals surface area contributed by atoms with E-state index in [0.29, 0.717) is 28.0 Å². The predicted molar refractivity (Wildman–Crippen MR) is 104 cm³/mol. The molecule has 1 amide bonds. The molecule has 4 atom stereocenters. The van der Waals surface area contributed by atoms with Gasteiger partial charge in [-0.05, 0) is 49.4 Å². The second kappa shape index (κ2) is 8.44. The quantitative estimate of drug-likeness (QED) is 0.738. The van der Waals surface area contributed by atoms with E-state index in [1.807, 2.05) is 19.1 Å². The fourth-order valence-electron chi connectivity index (χ4n) is 3.26. The van der Waals surface area contributed by atoms with Gasteiger partial charge in [0.25, 0.3) is 5.22 Å². The maximum atomic E-state index is 12.5. The maximum absolute atomic E-state index is 12.5. The van der Waals surface area contributed by atoms with E-state index >= 15 is 0 Å². The summed E-state index contributed by atoms with van der Waals surface area (Å²) in [6.07, 6.45) is 3.47. The molecule has 0 unspecified atom stereocenters. The number of hydrogen-bond acceptors (Lipinski definition) is 5. The first-order valence-electron chi connectivity index (χ1n) is 9.00. The number of thioether (sulfide) groups is 1. The van der Waals surface area contributed by atoms with Crippen LogP contribution in [0.4, 0.5) is 0 Å². The van der Waals surface area contributed by atoms with Crippen LogP contribution in [0.2, 0.25) is 5.02 Å². The van der Waals surface area contributed by atoms with Crippen molar-refractivity contribution in [3.8, 4) is 11.5 Å². The Labute approximate surface area is 163 Å². The van der Waals surface area contributed by atoms with Gasteiger partial charge in [0.05, 0.1) is 5.25 Å². The number of hydrogen-bond donors (Lipinski definition) is 1. The van der Waals surface area contributed by atoms with Crippen molar-refractivity contribution in [2.24, 2.45) is 11.8 Å². The highest BCUT2D eigenvalue weighted by Crippen LogP contribution is 2.31. The molecule has 0 radical (unpaired) electrons. The van der Waals surface area contributed by atoms with Gasteiger partial charge in [0.2, 0.25) is 11.8 Å². The molecule has 0 spiro atoms. The van der Waals surface area contributed by atoms with Gasteiger partial charge >= 0.3 is 0 Å². The molecule has 3 rings (SSSR count). The van der Waals surface area contributed by atoms with E-state index in [2.05, 4.69) is 29.4 Å². The number of aromatic nitrogens is 2. The van der Waals surface area contributed by atoms with Crippen LogP contribution in [0.15, 0.2) is 33.9 Å². The molecule has 1 aromatic heterocycles. The van der Waals surface area contributed by atoms with Gasteiger partial charge in [0.15, 0.2) is 0 Å². The Morgan fingerprint density at radius 2 is 2.00 bits per heavy atom. The number of nitrogens with one attached hydrogen (secondary N) is 1. The highest BCUT2D eigenvalue weighted by Gasteiger charge is 2.29. The van der Waals surface area contributed by atoms with E-state index in [-0.39, 0.29) is 17.2 Å². The Bertz CT molecular complexity index is 749. The first-order valence-corrected chi connectivity index (χ1v) is 10.3. The van der Waals surface area contributed by atoms with Gasteiger partial charge < -0.3 is 9.73 Å². The summed E-state index contributed by atoms with van der Waals surface area (Å²) in [4.78, 5) is 12.5. The van der Waals surface area contributed by atoms with Crippen molar-refractivity contribution in [3.05, 3.63) is 29.3 Å². The van der Waals surface area contributed by atoms with Gasteiger partial charge in [-0.3, -0.25) is 4.79 Å². The molecule has 1 fully saturated rings. The van der Waals surface area contributed by atoms with Gasteiger partial charge in [0, 0.05) is 16.6 Å². The predicted octanol–water partition coefficient (Wildman–Crippen LogP) is 4.81. The van der Waals surface area contributed by atoms with E-state index in [0.717, 1.165) is 12.0 Å². The molecule has 1 aromatic carbocycles. The maximum Gasteiger partial charge on any atom is 0.277 e. The van der Waals surface area contributed by atoms with Crippen LogP contribution in [-0.4, -0.2) is 27.4 Å². The average Bonchev–Trinajstić information content (AvgIpc) is 3.08. The van der Waals surface area contributed by atoms with E-state index < -0.39 is 0 Å². The number of nitrogens with zero attached hydrogens (tertiary/aromatic N) is 2. The van der Waals surface area contributed by atoms with Gasteiger partial charge in [-0.1, -0.05) is 50.1 Å². The third kappa shape index (κ3) is 4.60. The number of rotatable bonds is 5. The van der Waals surface area contributed by atoms with Crippen molar-refractivity contribution in [3.63, 3.8) is 0 Å². The molecular formula is C19H24ClN3O2S. The first-order chi connectivity index (χ1) is 12.4. The Kier molecular flexibility index (Phi) is 6.24. The molecule has 1 aliphatic rings. The summed E-state index contributed by atoms with van der Waals surface area (Å²) in [5, 5.41) is 12.0. The van der Waals surface area contributed by atoms with Crippen molar-refractivity contribution in [1.29, 1.82) is 0 Å². The third-order valence-electron chi connectivity index (χ3n) is 5.18. The Morgan fingerprint density at radius 1 is 1.27 bits per heavy atom. The Balaban J connectivity index is 1.58. The lowest BCUT2D eigenvalue weighted by Gasteiger charge is -2.35. The second-order valence-electron chi connectivity index (χ2n) is 7.02. The molecule has 1 N–H and O–H groups in total. The molecule has 0 bridgehead atoms. The van der Waals surface area contributed by atoms with Gasteiger partial charge in [0.1, 0.15) is 0 Å². The molecule has 26 heavy (non-hydrogen) atoms. The topological polar surface area (TPSA) is 68.0 Å². The second-order valence-corrected chi connectivity index (χ2v) is 8.75. The molecule has 5 nitrogen and oxygen atoms in total. The lowest BCUT2D eigenvalue weighted by atomic mass is 9.78. The zero-order valence-corrected chi connectivity index (χ0v) is 16.8. The van der Waals surface area contributed by atoms with E-state index in [1.54, 1.807) is 12.1 Å². The number of amides is 1. The summed E-state index contributed by atoms with van der Waals surface area (Å²) in [6, 6.07) is 7.45. The number of carbonyl (C=O) groups excluding carboxylic acids is 1. The standard InChI is InChI=1S/C19H24ClN3O2S/c1-11-5-4-6-16(12(11)2)21-17(24)13(3)26-19-23-22-18(25-19)14-7-9-15(20)10-8-14/h7-13,16H,4-6H2,1-3H3,(H,21,24)/t11-,12-,13-,16+/m1/s1.